The van der Waals surface area contributed by atoms with Crippen molar-refractivity contribution < 1.29 is 0 Å². The van der Waals surface area contributed by atoms with Crippen LogP contribution in [-0.4, -0.2) is 4.57 Å². The Morgan fingerprint density at radius 2 is 1.25 bits per heavy atom. The first-order chi connectivity index (χ1) is 19.7. The number of allylic oxidation sites excluding steroid dienone is 8. The van der Waals surface area contributed by atoms with Gasteiger partial charge in [-0.25, -0.2) is 0 Å². The van der Waals surface area contributed by atoms with Gasteiger partial charge in [0.05, 0.1) is 11.0 Å². The number of benzene rings is 5. The molecule has 0 fully saturated rings. The van der Waals surface area contributed by atoms with Crippen molar-refractivity contribution in [2.75, 3.05) is 0 Å². The van der Waals surface area contributed by atoms with E-state index in [9.17, 15) is 0 Å². The highest BCUT2D eigenvalue weighted by Gasteiger charge is 2.22. The second-order valence-electron chi connectivity index (χ2n) is 11.4. The van der Waals surface area contributed by atoms with Crippen LogP contribution in [-0.2, 0) is 0 Å². The summed E-state index contributed by atoms with van der Waals surface area (Å²) in [5, 5.41) is 7.79. The van der Waals surface area contributed by atoms with Gasteiger partial charge in [-0.3, -0.25) is 0 Å². The van der Waals surface area contributed by atoms with Gasteiger partial charge in [0, 0.05) is 16.5 Å². The van der Waals surface area contributed by atoms with Gasteiger partial charge in [-0.15, -0.1) is 0 Å². The minimum atomic E-state index is 0.553. The van der Waals surface area contributed by atoms with E-state index in [-0.39, 0.29) is 0 Å². The van der Waals surface area contributed by atoms with Gasteiger partial charge >= 0.3 is 0 Å². The van der Waals surface area contributed by atoms with Crippen LogP contribution in [0.1, 0.15) is 19.8 Å². The highest BCUT2D eigenvalue weighted by molar-refractivity contribution is 6.22. The maximum atomic E-state index is 2.48. The molecule has 0 spiro atoms. The summed E-state index contributed by atoms with van der Waals surface area (Å²) in [5.41, 5.74) is 7.71. The average molecular weight is 514 g/mol. The highest BCUT2D eigenvalue weighted by atomic mass is 15.0. The van der Waals surface area contributed by atoms with Gasteiger partial charge in [0.15, 0.2) is 0 Å². The first-order valence-corrected chi connectivity index (χ1v) is 14.4. The molecule has 1 heteroatoms. The molecule has 1 nitrogen and oxygen atoms in total. The molecule has 0 amide bonds. The summed E-state index contributed by atoms with van der Waals surface area (Å²) in [6.45, 7) is 2.19. The summed E-state index contributed by atoms with van der Waals surface area (Å²) in [6.07, 6.45) is 16.5. The lowest BCUT2D eigenvalue weighted by Gasteiger charge is -2.25. The summed E-state index contributed by atoms with van der Waals surface area (Å²) in [4.78, 5) is 0. The first kappa shape index (κ1) is 23.3. The first-order valence-electron chi connectivity index (χ1n) is 14.4. The van der Waals surface area contributed by atoms with Gasteiger partial charge < -0.3 is 4.57 Å². The fourth-order valence-electron chi connectivity index (χ4n) is 6.79. The lowest BCUT2D eigenvalue weighted by atomic mass is 9.81. The smallest absolute Gasteiger partial charge is 0.0547 e. The van der Waals surface area contributed by atoms with E-state index >= 15 is 0 Å². The quantitative estimate of drug-likeness (QED) is 0.222. The predicted octanol–water partition coefficient (Wildman–Crippen LogP) is 10.7. The summed E-state index contributed by atoms with van der Waals surface area (Å²) < 4.78 is 2.48. The zero-order valence-corrected chi connectivity index (χ0v) is 22.7. The largest absolute Gasteiger partial charge is 0.310 e. The Morgan fingerprint density at radius 1 is 0.575 bits per heavy atom. The molecule has 2 aliphatic carbocycles. The molecule has 2 unspecified atom stereocenters. The Morgan fingerprint density at radius 3 is 2.05 bits per heavy atom. The lowest BCUT2D eigenvalue weighted by molar-refractivity contribution is 0.476. The molecule has 0 saturated carbocycles. The molecule has 0 aliphatic heterocycles. The lowest BCUT2D eigenvalue weighted by Crippen LogP contribution is -2.14. The molecule has 1 heterocycles. The minimum Gasteiger partial charge on any atom is -0.310 e. The van der Waals surface area contributed by atoms with Crippen molar-refractivity contribution in [1.29, 1.82) is 0 Å². The number of hydrogen-bond acceptors (Lipinski definition) is 0. The van der Waals surface area contributed by atoms with Crippen LogP contribution < -0.4 is 0 Å². The van der Waals surface area contributed by atoms with Gasteiger partial charge in [-0.05, 0) is 94.6 Å². The maximum absolute atomic E-state index is 2.48. The SMILES string of the molecule is CC1=CCC(C2C=CC(n3c4ccc(-c5ccc6ccccc6c5)cc4c4c5ccccc5ccc43)=CC2)C=C1. The highest BCUT2D eigenvalue weighted by Crippen LogP contribution is 2.40. The predicted molar refractivity (Wildman–Crippen MR) is 172 cm³/mol. The van der Waals surface area contributed by atoms with Gasteiger partial charge in [0.1, 0.15) is 0 Å². The Kier molecular flexibility index (Phi) is 5.38. The van der Waals surface area contributed by atoms with Crippen LogP contribution in [0.5, 0.6) is 0 Å². The van der Waals surface area contributed by atoms with Crippen molar-refractivity contribution in [2.24, 2.45) is 11.8 Å². The van der Waals surface area contributed by atoms with Gasteiger partial charge in [-0.1, -0.05) is 109 Å². The van der Waals surface area contributed by atoms with Crippen molar-refractivity contribution in [1.82, 2.24) is 4.57 Å². The van der Waals surface area contributed by atoms with Crippen LogP contribution in [0.15, 0.2) is 139 Å². The fourth-order valence-corrected chi connectivity index (χ4v) is 6.79. The molecule has 0 radical (unpaired) electrons. The van der Waals surface area contributed by atoms with Gasteiger partial charge in [0.2, 0.25) is 0 Å². The molecule has 0 N–H and O–H groups in total. The van der Waals surface area contributed by atoms with E-state index in [0.29, 0.717) is 11.8 Å². The summed E-state index contributed by atoms with van der Waals surface area (Å²) >= 11 is 0. The third-order valence-corrected chi connectivity index (χ3v) is 8.98. The average Bonchev–Trinajstić information content (AvgIpc) is 3.35. The van der Waals surface area contributed by atoms with E-state index < -0.39 is 0 Å². The molecule has 2 aliphatic rings. The third-order valence-electron chi connectivity index (χ3n) is 8.98. The number of nitrogens with zero attached hydrogens (tertiary/aromatic N) is 1. The van der Waals surface area contributed by atoms with Crippen LogP contribution in [0.25, 0.3) is 60.2 Å². The summed E-state index contributed by atoms with van der Waals surface area (Å²) in [6, 6.07) is 35.8. The molecule has 5 aromatic carbocycles. The molecule has 8 rings (SSSR count). The molecular weight excluding hydrogens is 482 g/mol. The second kappa shape index (κ2) is 9.24. The summed E-state index contributed by atoms with van der Waals surface area (Å²) in [7, 11) is 0. The number of fused-ring (bicyclic) bond motifs is 6. The van der Waals surface area contributed by atoms with Crippen LogP contribution in [0, 0.1) is 11.8 Å². The number of hydrogen-bond donors (Lipinski definition) is 0. The van der Waals surface area contributed by atoms with Crippen LogP contribution in [0.4, 0.5) is 0 Å². The molecule has 1 aromatic heterocycles. The number of aromatic nitrogens is 1. The van der Waals surface area contributed by atoms with E-state index in [2.05, 4.69) is 145 Å². The molecule has 2 atom stereocenters. The van der Waals surface area contributed by atoms with E-state index in [4.69, 9.17) is 0 Å². The van der Waals surface area contributed by atoms with Crippen LogP contribution in [0.2, 0.25) is 0 Å². The van der Waals surface area contributed by atoms with Crippen LogP contribution >= 0.6 is 0 Å². The molecule has 0 saturated heterocycles. The van der Waals surface area contributed by atoms with Gasteiger partial charge in [-0.2, -0.15) is 0 Å². The minimum absolute atomic E-state index is 0.553. The van der Waals surface area contributed by atoms with Gasteiger partial charge in [0.25, 0.3) is 0 Å². The van der Waals surface area contributed by atoms with Crippen molar-refractivity contribution >= 4 is 49.0 Å². The van der Waals surface area contributed by atoms with Crippen LogP contribution in [0.3, 0.4) is 0 Å². The molecule has 0 bridgehead atoms. The monoisotopic (exact) mass is 513 g/mol. The summed E-state index contributed by atoms with van der Waals surface area (Å²) in [5.74, 6) is 1.14. The van der Waals surface area contributed by atoms with E-state index in [1.54, 1.807) is 0 Å². The zero-order valence-electron chi connectivity index (χ0n) is 22.7. The Bertz CT molecular complexity index is 2080. The molecule has 40 heavy (non-hydrogen) atoms. The second-order valence-corrected chi connectivity index (χ2v) is 11.4. The Balaban J connectivity index is 1.29. The van der Waals surface area contributed by atoms with E-state index in [1.807, 2.05) is 0 Å². The molecule has 192 valence electrons. The molecule has 6 aromatic rings. The van der Waals surface area contributed by atoms with E-state index in [0.717, 1.165) is 12.8 Å². The topological polar surface area (TPSA) is 4.93 Å². The standard InChI is InChI=1S/C39H31N/c1-26-10-12-28(13-11-26)29-16-20-34(21-17-29)40-37-22-19-33(32-15-14-27-6-2-3-8-31(27)24-32)25-36(37)39-35-9-5-4-7-30(35)18-23-38(39)40/h2-12,14-16,18-25,28-29H,13,17H2,1H3. The normalized spacial score (nSPS) is 19.0. The van der Waals surface area contributed by atoms with Crippen molar-refractivity contribution in [3.8, 4) is 11.1 Å². The molecular formula is C39H31N. The van der Waals surface area contributed by atoms with Crippen molar-refractivity contribution in [2.45, 2.75) is 19.8 Å². The van der Waals surface area contributed by atoms with Crippen molar-refractivity contribution in [3.05, 3.63) is 139 Å². The maximum Gasteiger partial charge on any atom is 0.0547 e. The van der Waals surface area contributed by atoms with E-state index in [1.165, 1.54) is 65.7 Å². The Labute approximate surface area is 235 Å². The zero-order chi connectivity index (χ0) is 26.6. The third kappa shape index (κ3) is 3.77. The number of rotatable bonds is 3. The Hall–Kier alpha value is -4.62. The van der Waals surface area contributed by atoms with Crippen molar-refractivity contribution in [3.63, 3.8) is 0 Å². The fraction of sp³-hybridized carbons (Fsp3) is 0.128.